The Bertz CT molecular complexity index is 489. The number of nitrogens with zero attached hydrogens (tertiary/aromatic N) is 4. The van der Waals surface area contributed by atoms with Crippen LogP contribution in [0.25, 0.3) is 0 Å². The number of aromatic nitrogens is 1. The Balaban J connectivity index is 0.00000288. The van der Waals surface area contributed by atoms with Gasteiger partial charge in [0.15, 0.2) is 5.96 Å². The largest absolute Gasteiger partial charge is 0.357 e. The molecule has 134 valence electrons. The molecular formula is C17H28IN5S. The second kappa shape index (κ2) is 12.4. The van der Waals surface area contributed by atoms with Gasteiger partial charge in [-0.3, -0.25) is 4.99 Å². The molecule has 0 bridgehead atoms. The van der Waals surface area contributed by atoms with Gasteiger partial charge in [-0.15, -0.1) is 30.6 Å². The number of rotatable bonds is 7. The van der Waals surface area contributed by atoms with Gasteiger partial charge in [-0.1, -0.05) is 12.1 Å². The highest BCUT2D eigenvalue weighted by atomic mass is 127. The van der Waals surface area contributed by atoms with Crippen LogP contribution >= 0.6 is 35.7 Å². The number of thioether (sulfide) groups is 1. The van der Waals surface area contributed by atoms with Crippen LogP contribution in [0.4, 0.5) is 5.82 Å². The Hall–Kier alpha value is -0.960. The number of hydrogen-bond donors (Lipinski definition) is 1. The van der Waals surface area contributed by atoms with Crippen molar-refractivity contribution < 1.29 is 0 Å². The molecule has 1 aliphatic heterocycles. The molecule has 1 saturated heterocycles. The molecule has 7 heteroatoms. The van der Waals surface area contributed by atoms with Crippen LogP contribution in [0.15, 0.2) is 42.0 Å². The molecule has 2 heterocycles. The molecule has 1 aromatic rings. The van der Waals surface area contributed by atoms with E-state index < -0.39 is 0 Å². The van der Waals surface area contributed by atoms with Crippen LogP contribution in [0.2, 0.25) is 0 Å². The van der Waals surface area contributed by atoms with E-state index in [2.05, 4.69) is 39.7 Å². The smallest absolute Gasteiger partial charge is 0.194 e. The summed E-state index contributed by atoms with van der Waals surface area (Å²) < 4.78 is 0. The molecule has 1 N–H and O–H groups in total. The molecule has 0 radical (unpaired) electrons. The summed E-state index contributed by atoms with van der Waals surface area (Å²) in [5.74, 6) is 4.13. The summed E-state index contributed by atoms with van der Waals surface area (Å²) in [5.41, 5.74) is 0. The van der Waals surface area contributed by atoms with Gasteiger partial charge in [0.25, 0.3) is 0 Å². The standard InChI is InChI=1S/C17H27N5S.HI/c1-3-14-23-15-9-20-17(18-4-2)22-12-10-21(11-13-22)16-7-5-6-8-19-16;/h3,5-8H,1,4,9-15H2,2H3,(H,18,20);1H. The summed E-state index contributed by atoms with van der Waals surface area (Å²) in [5, 5.41) is 3.41. The summed E-state index contributed by atoms with van der Waals surface area (Å²) in [6.07, 6.45) is 3.80. The lowest BCUT2D eigenvalue weighted by atomic mass is 10.3. The van der Waals surface area contributed by atoms with Gasteiger partial charge in [-0.05, 0) is 19.1 Å². The zero-order chi connectivity index (χ0) is 16.3. The number of aliphatic imine (C=N–C) groups is 1. The third-order valence-electron chi connectivity index (χ3n) is 3.62. The van der Waals surface area contributed by atoms with Gasteiger partial charge in [-0.2, -0.15) is 11.8 Å². The van der Waals surface area contributed by atoms with Crippen LogP contribution in [0.1, 0.15) is 6.92 Å². The van der Waals surface area contributed by atoms with Gasteiger partial charge in [0, 0.05) is 50.4 Å². The van der Waals surface area contributed by atoms with Crippen molar-refractivity contribution in [1.29, 1.82) is 0 Å². The highest BCUT2D eigenvalue weighted by Gasteiger charge is 2.20. The molecule has 0 atom stereocenters. The van der Waals surface area contributed by atoms with E-state index in [1.54, 1.807) is 0 Å². The van der Waals surface area contributed by atoms with Crippen LogP contribution in [-0.4, -0.2) is 66.6 Å². The van der Waals surface area contributed by atoms with Gasteiger partial charge in [0.1, 0.15) is 5.82 Å². The number of nitrogens with one attached hydrogen (secondary N) is 1. The second-order valence-electron chi connectivity index (χ2n) is 5.26. The van der Waals surface area contributed by atoms with Crippen LogP contribution in [-0.2, 0) is 0 Å². The number of piperazine rings is 1. The van der Waals surface area contributed by atoms with Crippen molar-refractivity contribution in [2.45, 2.75) is 6.92 Å². The Morgan fingerprint density at radius 1 is 1.38 bits per heavy atom. The SMILES string of the molecule is C=CCSCCN=C(NCC)N1CCN(c2ccccn2)CC1.I. The van der Waals surface area contributed by atoms with Crippen LogP contribution in [0.5, 0.6) is 0 Å². The molecule has 0 saturated carbocycles. The average Bonchev–Trinajstić information content (AvgIpc) is 2.61. The maximum absolute atomic E-state index is 4.75. The van der Waals surface area contributed by atoms with Gasteiger partial charge in [0.2, 0.25) is 0 Å². The van der Waals surface area contributed by atoms with E-state index in [0.717, 1.165) is 62.6 Å². The molecule has 1 aliphatic rings. The van der Waals surface area contributed by atoms with E-state index in [1.165, 1.54) is 0 Å². The summed E-state index contributed by atoms with van der Waals surface area (Å²) in [7, 11) is 0. The minimum atomic E-state index is 0. The summed E-state index contributed by atoms with van der Waals surface area (Å²) in [6.45, 7) is 11.5. The van der Waals surface area contributed by atoms with E-state index in [1.807, 2.05) is 36.2 Å². The second-order valence-corrected chi connectivity index (χ2v) is 6.41. The quantitative estimate of drug-likeness (QED) is 0.223. The van der Waals surface area contributed by atoms with E-state index in [0.29, 0.717) is 0 Å². The van der Waals surface area contributed by atoms with E-state index in [-0.39, 0.29) is 24.0 Å². The lowest BCUT2D eigenvalue weighted by Gasteiger charge is -2.37. The van der Waals surface area contributed by atoms with Crippen molar-refractivity contribution in [1.82, 2.24) is 15.2 Å². The van der Waals surface area contributed by atoms with E-state index >= 15 is 0 Å². The van der Waals surface area contributed by atoms with Gasteiger partial charge in [0.05, 0.1) is 6.54 Å². The molecule has 0 spiro atoms. The van der Waals surface area contributed by atoms with Gasteiger partial charge >= 0.3 is 0 Å². The topological polar surface area (TPSA) is 43.8 Å². The highest BCUT2D eigenvalue weighted by Crippen LogP contribution is 2.12. The molecule has 1 aromatic heterocycles. The van der Waals surface area contributed by atoms with Gasteiger partial charge < -0.3 is 15.1 Å². The number of guanidine groups is 1. The first-order chi connectivity index (χ1) is 11.3. The summed E-state index contributed by atoms with van der Waals surface area (Å²) >= 11 is 1.87. The van der Waals surface area contributed by atoms with E-state index in [4.69, 9.17) is 4.99 Å². The van der Waals surface area contributed by atoms with Crippen molar-refractivity contribution in [3.05, 3.63) is 37.1 Å². The molecule has 24 heavy (non-hydrogen) atoms. The zero-order valence-corrected chi connectivity index (χ0v) is 17.5. The predicted molar refractivity (Wildman–Crippen MR) is 117 cm³/mol. The normalized spacial score (nSPS) is 15.0. The zero-order valence-electron chi connectivity index (χ0n) is 14.4. The molecule has 5 nitrogen and oxygen atoms in total. The molecule has 0 aliphatic carbocycles. The van der Waals surface area contributed by atoms with Crippen LogP contribution < -0.4 is 10.2 Å². The van der Waals surface area contributed by atoms with Gasteiger partial charge in [-0.25, -0.2) is 4.98 Å². The molecule has 0 unspecified atom stereocenters. The molecule has 0 aromatic carbocycles. The Labute approximate surface area is 167 Å². The predicted octanol–water partition coefficient (Wildman–Crippen LogP) is 2.71. The van der Waals surface area contributed by atoms with Crippen molar-refractivity contribution in [2.75, 3.05) is 55.7 Å². The minimum absolute atomic E-state index is 0. The maximum atomic E-state index is 4.75. The van der Waals surface area contributed by atoms with Crippen molar-refractivity contribution in [3.8, 4) is 0 Å². The maximum Gasteiger partial charge on any atom is 0.194 e. The minimum Gasteiger partial charge on any atom is -0.357 e. The number of halogens is 1. The lowest BCUT2D eigenvalue weighted by Crippen LogP contribution is -2.52. The third kappa shape index (κ3) is 6.88. The van der Waals surface area contributed by atoms with Crippen molar-refractivity contribution >= 4 is 47.5 Å². The fraction of sp³-hybridized carbons (Fsp3) is 0.529. The van der Waals surface area contributed by atoms with Crippen LogP contribution in [0, 0.1) is 0 Å². The first-order valence-corrected chi connectivity index (χ1v) is 9.38. The van der Waals surface area contributed by atoms with E-state index in [9.17, 15) is 0 Å². The molecular weight excluding hydrogens is 433 g/mol. The third-order valence-corrected chi connectivity index (χ3v) is 4.56. The Morgan fingerprint density at radius 3 is 2.79 bits per heavy atom. The molecule has 0 amide bonds. The fourth-order valence-electron chi connectivity index (χ4n) is 2.50. The first-order valence-electron chi connectivity index (χ1n) is 8.23. The Morgan fingerprint density at radius 2 is 2.17 bits per heavy atom. The summed E-state index contributed by atoms with van der Waals surface area (Å²) in [4.78, 5) is 13.9. The number of hydrogen-bond acceptors (Lipinski definition) is 4. The van der Waals surface area contributed by atoms with Crippen molar-refractivity contribution in [3.63, 3.8) is 0 Å². The number of pyridine rings is 1. The summed E-state index contributed by atoms with van der Waals surface area (Å²) in [6, 6.07) is 6.08. The monoisotopic (exact) mass is 461 g/mol. The lowest BCUT2D eigenvalue weighted by molar-refractivity contribution is 0.372. The molecule has 2 rings (SSSR count). The Kier molecular flexibility index (Phi) is 10.9. The van der Waals surface area contributed by atoms with Crippen molar-refractivity contribution in [2.24, 2.45) is 4.99 Å². The molecule has 1 fully saturated rings. The fourth-order valence-corrected chi connectivity index (χ4v) is 3.05. The van der Waals surface area contributed by atoms with Crippen LogP contribution in [0.3, 0.4) is 0 Å². The first kappa shape index (κ1) is 21.1. The number of anilines is 1. The highest BCUT2D eigenvalue weighted by molar-refractivity contribution is 14.0. The average molecular weight is 461 g/mol.